The molecule has 0 aliphatic carbocycles. The van der Waals surface area contributed by atoms with Crippen molar-refractivity contribution in [3.63, 3.8) is 0 Å². The predicted octanol–water partition coefficient (Wildman–Crippen LogP) is 3.79. The number of ether oxygens (including phenoxy) is 1. The first kappa shape index (κ1) is 24.6. The van der Waals surface area contributed by atoms with Gasteiger partial charge in [0.05, 0.1) is 6.61 Å². The highest BCUT2D eigenvalue weighted by molar-refractivity contribution is 5.59. The minimum Gasteiger partial charge on any atom is -0.399 e. The van der Waals surface area contributed by atoms with Crippen LogP contribution in [0.4, 0.5) is 22.7 Å². The fourth-order valence-electron chi connectivity index (χ4n) is 3.06. The van der Waals surface area contributed by atoms with Crippen molar-refractivity contribution in [2.24, 2.45) is 0 Å². The van der Waals surface area contributed by atoms with Gasteiger partial charge in [0.1, 0.15) is 6.23 Å². The van der Waals surface area contributed by atoms with E-state index in [2.05, 4.69) is 35.8 Å². The number of aliphatic hydroxyl groups excluding tert-OH is 1. The number of rotatable bonds is 8. The number of anilines is 4. The number of aliphatic hydroxyl groups is 1. The Hall–Kier alpha value is -2.44. The van der Waals surface area contributed by atoms with Gasteiger partial charge in [-0.05, 0) is 82.1 Å². The van der Waals surface area contributed by atoms with Gasteiger partial charge >= 0.3 is 0 Å². The topological polar surface area (TPSA) is 88.0 Å². The highest BCUT2D eigenvalue weighted by Gasteiger charge is 2.12. The third-order valence-corrected chi connectivity index (χ3v) is 5.08. The molecule has 6 nitrogen and oxygen atoms in total. The van der Waals surface area contributed by atoms with Gasteiger partial charge in [-0.2, -0.15) is 0 Å². The van der Waals surface area contributed by atoms with Crippen LogP contribution < -0.4 is 21.3 Å². The summed E-state index contributed by atoms with van der Waals surface area (Å²) < 4.78 is 5.32. The third-order valence-electron chi connectivity index (χ3n) is 5.08. The Balaban J connectivity index is 0.000000291. The fourth-order valence-corrected chi connectivity index (χ4v) is 3.06. The summed E-state index contributed by atoms with van der Waals surface area (Å²) in [5.41, 5.74) is 17.6. The number of aryl methyl sites for hydroxylation is 2. The van der Waals surface area contributed by atoms with E-state index in [9.17, 15) is 0 Å². The Morgan fingerprint density at radius 2 is 1.45 bits per heavy atom. The Morgan fingerprint density at radius 3 is 1.86 bits per heavy atom. The van der Waals surface area contributed by atoms with Gasteiger partial charge in [-0.1, -0.05) is 0 Å². The van der Waals surface area contributed by atoms with Crippen LogP contribution in [0, 0.1) is 13.8 Å². The largest absolute Gasteiger partial charge is 0.399 e. The van der Waals surface area contributed by atoms with Crippen LogP contribution in [-0.4, -0.2) is 44.7 Å². The molecule has 0 radical (unpaired) electrons. The van der Waals surface area contributed by atoms with Crippen molar-refractivity contribution in [1.29, 1.82) is 0 Å². The van der Waals surface area contributed by atoms with Crippen LogP contribution in [0.2, 0.25) is 0 Å². The summed E-state index contributed by atoms with van der Waals surface area (Å²) in [4.78, 5) is 4.30. The number of nitrogens with two attached hydrogens (primary N) is 2. The maximum atomic E-state index is 8.89. The Bertz CT molecular complexity index is 752. The quantitative estimate of drug-likeness (QED) is 0.460. The average molecular weight is 403 g/mol. The van der Waals surface area contributed by atoms with E-state index in [1.807, 2.05) is 45.0 Å². The molecule has 5 N–H and O–H groups in total. The van der Waals surface area contributed by atoms with Crippen molar-refractivity contribution < 1.29 is 9.84 Å². The molecule has 0 spiro atoms. The standard InChI is InChI=1S/C12H20N2O.C11H18N2O/c1-5-14(10(3)15-4)11-6-7-12(13)9(2)8-11;1-3-13(6-7-14)10-4-5-11(12)9(2)8-10/h6-8,10H,5,13H2,1-4H3;4-5,8,14H,3,6-7,12H2,1-2H3. The van der Waals surface area contributed by atoms with E-state index in [4.69, 9.17) is 21.3 Å². The zero-order valence-corrected chi connectivity index (χ0v) is 18.8. The molecule has 2 aromatic carbocycles. The maximum Gasteiger partial charge on any atom is 0.126 e. The maximum absolute atomic E-state index is 8.89. The summed E-state index contributed by atoms with van der Waals surface area (Å²) in [5.74, 6) is 0. The number of benzene rings is 2. The number of hydrogen-bond acceptors (Lipinski definition) is 6. The molecule has 0 aliphatic rings. The Morgan fingerprint density at radius 1 is 0.931 bits per heavy atom. The van der Waals surface area contributed by atoms with Crippen LogP contribution in [0.25, 0.3) is 0 Å². The lowest BCUT2D eigenvalue weighted by atomic mass is 10.1. The molecule has 162 valence electrons. The van der Waals surface area contributed by atoms with Gasteiger partial charge in [0.15, 0.2) is 0 Å². The molecular weight excluding hydrogens is 364 g/mol. The van der Waals surface area contributed by atoms with Gasteiger partial charge in [-0.15, -0.1) is 0 Å². The van der Waals surface area contributed by atoms with Crippen molar-refractivity contribution in [3.8, 4) is 0 Å². The summed E-state index contributed by atoms with van der Waals surface area (Å²) in [6.45, 7) is 12.9. The predicted molar refractivity (Wildman–Crippen MR) is 126 cm³/mol. The lowest BCUT2D eigenvalue weighted by Gasteiger charge is -2.29. The molecule has 0 aromatic heterocycles. The number of nitrogens with zero attached hydrogens (tertiary/aromatic N) is 2. The van der Waals surface area contributed by atoms with Crippen molar-refractivity contribution in [2.45, 2.75) is 40.8 Å². The van der Waals surface area contributed by atoms with Crippen molar-refractivity contribution >= 4 is 22.7 Å². The van der Waals surface area contributed by atoms with E-state index in [1.165, 1.54) is 0 Å². The van der Waals surface area contributed by atoms with Crippen LogP contribution in [-0.2, 0) is 4.74 Å². The van der Waals surface area contributed by atoms with E-state index in [-0.39, 0.29) is 12.8 Å². The first-order valence-corrected chi connectivity index (χ1v) is 10.2. The van der Waals surface area contributed by atoms with Gasteiger partial charge in [-0.3, -0.25) is 0 Å². The molecule has 1 atom stereocenters. The molecule has 6 heteroatoms. The molecule has 0 aliphatic heterocycles. The highest BCUT2D eigenvalue weighted by Crippen LogP contribution is 2.22. The van der Waals surface area contributed by atoms with E-state index in [1.54, 1.807) is 7.11 Å². The molecule has 1 unspecified atom stereocenters. The van der Waals surface area contributed by atoms with Crippen LogP contribution in [0.15, 0.2) is 36.4 Å². The second kappa shape index (κ2) is 12.2. The summed E-state index contributed by atoms with van der Waals surface area (Å²) >= 11 is 0. The zero-order chi connectivity index (χ0) is 22.0. The molecule has 0 amide bonds. The molecule has 0 bridgehead atoms. The van der Waals surface area contributed by atoms with Crippen LogP contribution in [0.1, 0.15) is 31.9 Å². The second-order valence-electron chi connectivity index (χ2n) is 7.01. The highest BCUT2D eigenvalue weighted by atomic mass is 16.5. The van der Waals surface area contributed by atoms with Gasteiger partial charge in [0.2, 0.25) is 0 Å². The van der Waals surface area contributed by atoms with Crippen molar-refractivity contribution in [2.75, 3.05) is 54.6 Å². The fraction of sp³-hybridized carbons (Fsp3) is 0.478. The second-order valence-corrected chi connectivity index (χ2v) is 7.01. The number of nitrogen functional groups attached to an aromatic ring is 2. The van der Waals surface area contributed by atoms with E-state index in [0.717, 1.165) is 47.0 Å². The molecule has 29 heavy (non-hydrogen) atoms. The molecule has 2 aromatic rings. The van der Waals surface area contributed by atoms with E-state index < -0.39 is 0 Å². The molecule has 0 fully saturated rings. The van der Waals surface area contributed by atoms with Crippen LogP contribution >= 0.6 is 0 Å². The first-order valence-electron chi connectivity index (χ1n) is 10.2. The van der Waals surface area contributed by atoms with E-state index >= 15 is 0 Å². The van der Waals surface area contributed by atoms with Crippen LogP contribution in [0.5, 0.6) is 0 Å². The first-order chi connectivity index (χ1) is 13.8. The van der Waals surface area contributed by atoms with E-state index in [0.29, 0.717) is 6.54 Å². The smallest absolute Gasteiger partial charge is 0.126 e. The van der Waals surface area contributed by atoms with Gasteiger partial charge in [0, 0.05) is 49.5 Å². The van der Waals surface area contributed by atoms with Crippen molar-refractivity contribution in [1.82, 2.24) is 0 Å². The monoisotopic (exact) mass is 402 g/mol. The van der Waals surface area contributed by atoms with Gasteiger partial charge < -0.3 is 31.1 Å². The number of methoxy groups -OCH3 is 1. The van der Waals surface area contributed by atoms with Gasteiger partial charge in [0.25, 0.3) is 0 Å². The molecule has 0 heterocycles. The minimum absolute atomic E-state index is 0.0815. The SMILES string of the molecule is CCN(CCO)c1ccc(N)c(C)c1.CCN(c1ccc(N)c(C)c1)C(C)OC. The summed E-state index contributed by atoms with van der Waals surface area (Å²) in [5, 5.41) is 8.89. The lowest BCUT2D eigenvalue weighted by molar-refractivity contribution is 0.115. The average Bonchev–Trinajstić information content (AvgIpc) is 2.71. The molecular formula is C23H38N4O2. The summed E-state index contributed by atoms with van der Waals surface area (Å²) in [6.07, 6.45) is 0.0815. The molecule has 0 saturated heterocycles. The summed E-state index contributed by atoms with van der Waals surface area (Å²) in [7, 11) is 1.72. The lowest BCUT2D eigenvalue weighted by Crippen LogP contribution is -2.34. The third kappa shape index (κ3) is 7.15. The molecule has 0 saturated carbocycles. The Kier molecular flexibility index (Phi) is 10.3. The number of hydrogen-bond donors (Lipinski definition) is 3. The Labute approximate surface area is 176 Å². The zero-order valence-electron chi connectivity index (χ0n) is 18.8. The molecule has 2 rings (SSSR count). The summed E-state index contributed by atoms with van der Waals surface area (Å²) in [6, 6.07) is 12.0. The van der Waals surface area contributed by atoms with Gasteiger partial charge in [-0.25, -0.2) is 0 Å². The minimum atomic E-state index is 0.0815. The normalized spacial score (nSPS) is 11.4. The number of likely N-dealkylation sites (N-methyl/N-ethyl adjacent to an activating group) is 1. The van der Waals surface area contributed by atoms with Crippen LogP contribution in [0.3, 0.4) is 0 Å². The van der Waals surface area contributed by atoms with Crippen molar-refractivity contribution in [3.05, 3.63) is 47.5 Å².